The Labute approximate surface area is 328 Å². The molecular formula is C46H49N3O7. The monoisotopic (exact) mass is 755 g/mol. The quantitative estimate of drug-likeness (QED) is 0.125. The fourth-order valence-electron chi connectivity index (χ4n) is 7.43. The van der Waals surface area contributed by atoms with Gasteiger partial charge in [-0.25, -0.2) is 4.98 Å². The predicted octanol–water partition coefficient (Wildman–Crippen LogP) is 8.89. The van der Waals surface area contributed by atoms with Gasteiger partial charge in [0, 0.05) is 44.2 Å². The molecule has 1 aromatic heterocycles. The van der Waals surface area contributed by atoms with Crippen LogP contribution in [0.3, 0.4) is 0 Å². The van der Waals surface area contributed by atoms with E-state index in [1.54, 1.807) is 43.6 Å². The summed E-state index contributed by atoms with van der Waals surface area (Å²) in [5.74, 6) is 8.10. The number of fused-ring (bicyclic) bond motifs is 2. The summed E-state index contributed by atoms with van der Waals surface area (Å²) in [5, 5.41) is 23.7. The van der Waals surface area contributed by atoms with Crippen molar-refractivity contribution in [2.75, 3.05) is 25.5 Å². The molecule has 10 heteroatoms. The molecule has 0 aliphatic carbocycles. The van der Waals surface area contributed by atoms with Crippen LogP contribution >= 0.6 is 0 Å². The van der Waals surface area contributed by atoms with Crippen molar-refractivity contribution in [2.24, 2.45) is 10.9 Å². The van der Waals surface area contributed by atoms with Gasteiger partial charge in [0.1, 0.15) is 35.0 Å². The van der Waals surface area contributed by atoms with Gasteiger partial charge in [-0.3, -0.25) is 14.6 Å². The van der Waals surface area contributed by atoms with Crippen LogP contribution in [0.1, 0.15) is 87.3 Å². The van der Waals surface area contributed by atoms with Gasteiger partial charge in [-0.15, -0.1) is 0 Å². The number of phenols is 2. The number of carbonyl (C=O) groups excluding carboxylic acids is 2. The fourth-order valence-corrected chi connectivity index (χ4v) is 7.43. The second-order valence-electron chi connectivity index (χ2n) is 14.4. The van der Waals surface area contributed by atoms with E-state index in [2.05, 4.69) is 34.1 Å². The smallest absolute Gasteiger partial charge is 0.302 e. The van der Waals surface area contributed by atoms with Crippen LogP contribution in [0, 0.1) is 17.8 Å². The first kappa shape index (κ1) is 39.6. The number of ketones is 1. The number of nitrogens with one attached hydrogen (secondary N) is 1. The first-order valence-corrected chi connectivity index (χ1v) is 19.2. The molecular weight excluding hydrogens is 707 g/mol. The minimum atomic E-state index is -0.556. The van der Waals surface area contributed by atoms with Crippen molar-refractivity contribution in [2.45, 2.75) is 76.7 Å². The zero-order chi connectivity index (χ0) is 39.4. The minimum Gasteiger partial charge on any atom is -0.508 e. The topological polar surface area (TPSA) is 140 Å². The number of methoxy groups -OCH3 is 1. The molecule has 0 fully saturated rings. The highest BCUT2D eigenvalue weighted by atomic mass is 16.5. The molecule has 2 bridgehead atoms. The minimum absolute atomic E-state index is 0.0487. The third-order valence-corrected chi connectivity index (χ3v) is 10.4. The highest BCUT2D eigenvalue weighted by molar-refractivity contribution is 5.83. The Bertz CT molecular complexity index is 2150. The molecule has 10 nitrogen and oxygen atoms in total. The molecule has 3 N–H and O–H groups in total. The highest BCUT2D eigenvalue weighted by Gasteiger charge is 2.25. The number of nitrogens with zero attached hydrogens (tertiary/aromatic N) is 2. The van der Waals surface area contributed by atoms with Crippen LogP contribution in [0.4, 0.5) is 5.82 Å². The molecule has 2 aliphatic rings. The van der Waals surface area contributed by atoms with Crippen molar-refractivity contribution in [3.05, 3.63) is 113 Å². The van der Waals surface area contributed by atoms with E-state index in [0.717, 1.165) is 42.4 Å². The number of carbonyl (C=O) groups is 2. The number of hydrogen-bond acceptors (Lipinski definition) is 10. The third-order valence-electron chi connectivity index (χ3n) is 10.4. The Morgan fingerprint density at radius 2 is 1.70 bits per heavy atom. The van der Waals surface area contributed by atoms with Gasteiger partial charge >= 0.3 is 5.97 Å². The lowest BCUT2D eigenvalue weighted by atomic mass is 9.83. The van der Waals surface area contributed by atoms with Crippen LogP contribution in [0.5, 0.6) is 28.7 Å². The number of aliphatic imine (C=N–C) groups is 1. The van der Waals surface area contributed by atoms with Crippen LogP contribution in [-0.4, -0.2) is 59.5 Å². The van der Waals surface area contributed by atoms with Gasteiger partial charge in [0.25, 0.3) is 0 Å². The van der Waals surface area contributed by atoms with Gasteiger partial charge in [0.15, 0.2) is 11.5 Å². The number of ether oxygens (including phenoxy) is 3. The first-order valence-electron chi connectivity index (χ1n) is 19.2. The van der Waals surface area contributed by atoms with Crippen molar-refractivity contribution in [1.29, 1.82) is 0 Å². The summed E-state index contributed by atoms with van der Waals surface area (Å²) in [5.41, 5.74) is 5.29. The summed E-state index contributed by atoms with van der Waals surface area (Å²) in [6.45, 7) is 4.44. The highest BCUT2D eigenvalue weighted by Crippen LogP contribution is 2.38. The lowest BCUT2D eigenvalue weighted by Gasteiger charge is -2.23. The van der Waals surface area contributed by atoms with Gasteiger partial charge in [-0.1, -0.05) is 49.5 Å². The lowest BCUT2D eigenvalue weighted by molar-refractivity contribution is -0.148. The second kappa shape index (κ2) is 19.0. The Balaban J connectivity index is 1.34. The predicted molar refractivity (Wildman–Crippen MR) is 217 cm³/mol. The number of esters is 1. The molecule has 4 atom stereocenters. The SMILES string of the molecule is CC[C@@H]1CC[C@@H](OC(C)=O)CC(=O)C[C@@H](c2ccc(Oc3cccc(O)c3)c(OC)c2)C#CCNc2cc(ccn2)[C@H](c2cccc(O)c2)CC2=C(C=NC2)C1. The van der Waals surface area contributed by atoms with Crippen molar-refractivity contribution in [3.63, 3.8) is 0 Å². The normalized spacial score (nSPS) is 20.5. The molecule has 4 aromatic rings. The van der Waals surface area contributed by atoms with Gasteiger partial charge in [-0.05, 0) is 108 Å². The average Bonchev–Trinajstić information content (AvgIpc) is 3.62. The van der Waals surface area contributed by atoms with E-state index in [-0.39, 0.29) is 42.6 Å². The number of aromatic hydroxyl groups is 2. The van der Waals surface area contributed by atoms with E-state index < -0.39 is 18.0 Å². The number of Topliss-reactive ketones (excluding diaryl/α,β-unsaturated/α-hetero) is 1. The van der Waals surface area contributed by atoms with E-state index in [4.69, 9.17) is 14.2 Å². The largest absolute Gasteiger partial charge is 0.508 e. The maximum absolute atomic E-state index is 13.8. The molecule has 0 unspecified atom stereocenters. The standard InChI is InChI=1S/C46H49N3O7/c1-4-31-13-15-42(55-30(2)50)27-40(53)21-32(33-14-16-44(45(24-33)54-3)56-41-12-6-11-39(52)26-41)9-7-18-48-46-25-35(17-19-49-46)43(34-8-5-10-38(51)22-34)23-37-29-47-28-36(37)20-31/h5-6,8,10-12,14,16-17,19,22,24-26,28,31-32,42-43,51-52H,4,13,15,18,20-21,23,27,29H2,1-3H3,(H,48,49)/t31-,32+,42-,43+/m1/s1. The molecule has 0 saturated carbocycles. The molecule has 290 valence electrons. The van der Waals surface area contributed by atoms with Crippen LogP contribution in [0.15, 0.2) is 101 Å². The number of anilines is 1. The van der Waals surface area contributed by atoms with E-state index >= 15 is 0 Å². The number of phenolic OH excluding ortho intramolecular Hbond substituents is 2. The van der Waals surface area contributed by atoms with Crippen LogP contribution in [0.25, 0.3) is 0 Å². The van der Waals surface area contributed by atoms with E-state index in [1.807, 2.05) is 48.7 Å². The average molecular weight is 756 g/mol. The number of rotatable bonds is 7. The first-order chi connectivity index (χ1) is 27.2. The summed E-state index contributed by atoms with van der Waals surface area (Å²) in [4.78, 5) is 35.3. The summed E-state index contributed by atoms with van der Waals surface area (Å²) in [6, 6.07) is 23.4. The van der Waals surface area contributed by atoms with E-state index in [9.17, 15) is 19.8 Å². The van der Waals surface area contributed by atoms with Gasteiger partial charge in [-0.2, -0.15) is 0 Å². The van der Waals surface area contributed by atoms with Gasteiger partial charge in [0.05, 0.1) is 26.1 Å². The van der Waals surface area contributed by atoms with Crippen molar-refractivity contribution >= 4 is 23.8 Å². The number of pyridine rings is 1. The molecule has 0 amide bonds. The number of aromatic nitrogens is 1. The molecule has 0 radical (unpaired) electrons. The van der Waals surface area contributed by atoms with E-state index in [0.29, 0.717) is 41.9 Å². The summed E-state index contributed by atoms with van der Waals surface area (Å²) in [6.07, 6.45) is 7.23. The molecule has 0 spiro atoms. The molecule has 56 heavy (non-hydrogen) atoms. The Morgan fingerprint density at radius 1 is 0.893 bits per heavy atom. The Morgan fingerprint density at radius 3 is 2.46 bits per heavy atom. The summed E-state index contributed by atoms with van der Waals surface area (Å²) < 4.78 is 17.5. The zero-order valence-corrected chi connectivity index (χ0v) is 32.2. The Hall–Kier alpha value is -6.08. The third kappa shape index (κ3) is 10.8. The zero-order valence-electron chi connectivity index (χ0n) is 32.2. The van der Waals surface area contributed by atoms with Gasteiger partial charge < -0.3 is 29.7 Å². The fraction of sp³-hybridized carbons (Fsp3) is 0.348. The van der Waals surface area contributed by atoms with E-state index in [1.165, 1.54) is 24.1 Å². The second-order valence-corrected chi connectivity index (χ2v) is 14.4. The van der Waals surface area contributed by atoms with Crippen LogP contribution < -0.4 is 14.8 Å². The lowest BCUT2D eigenvalue weighted by Crippen LogP contribution is -2.22. The van der Waals surface area contributed by atoms with Crippen LogP contribution in [-0.2, 0) is 14.3 Å². The molecule has 6 rings (SSSR count). The number of benzene rings is 3. The van der Waals surface area contributed by atoms with Crippen molar-refractivity contribution in [1.82, 2.24) is 4.98 Å². The van der Waals surface area contributed by atoms with Gasteiger partial charge in [0.2, 0.25) is 0 Å². The maximum Gasteiger partial charge on any atom is 0.302 e. The summed E-state index contributed by atoms with van der Waals surface area (Å²) >= 11 is 0. The molecule has 3 aromatic carbocycles. The number of allylic oxidation sites excluding steroid dienone is 1. The molecule has 0 saturated heterocycles. The Kier molecular flexibility index (Phi) is 13.4. The molecule has 2 aliphatic heterocycles. The molecule has 3 heterocycles. The van der Waals surface area contributed by atoms with Crippen LogP contribution in [0.2, 0.25) is 0 Å². The van der Waals surface area contributed by atoms with Crippen molar-refractivity contribution in [3.8, 4) is 40.6 Å². The number of hydrogen-bond donors (Lipinski definition) is 3. The van der Waals surface area contributed by atoms with Crippen molar-refractivity contribution < 1.29 is 34.0 Å². The maximum atomic E-state index is 13.8. The summed E-state index contributed by atoms with van der Waals surface area (Å²) in [7, 11) is 1.54.